The maximum Gasteiger partial charge on any atom is 0.320 e. The SMILES string of the molecule is N[C@@H](Cc1cn(CC2CCOCC2)cn1)C(=O)O. The van der Waals surface area contributed by atoms with E-state index in [0.29, 0.717) is 5.92 Å². The first-order chi connectivity index (χ1) is 8.65. The Morgan fingerprint density at radius 2 is 2.33 bits per heavy atom. The summed E-state index contributed by atoms with van der Waals surface area (Å²) in [6.45, 7) is 2.57. The second-order valence-corrected chi connectivity index (χ2v) is 4.77. The van der Waals surface area contributed by atoms with Crippen molar-refractivity contribution in [3.05, 3.63) is 18.2 Å². The van der Waals surface area contributed by atoms with Crippen molar-refractivity contribution in [1.82, 2.24) is 9.55 Å². The predicted molar refractivity (Wildman–Crippen MR) is 65.1 cm³/mol. The largest absolute Gasteiger partial charge is 0.480 e. The molecule has 1 aliphatic rings. The van der Waals surface area contributed by atoms with Gasteiger partial charge in [-0.2, -0.15) is 0 Å². The van der Waals surface area contributed by atoms with E-state index in [9.17, 15) is 4.79 Å². The van der Waals surface area contributed by atoms with Crippen LogP contribution in [0.15, 0.2) is 12.5 Å². The Labute approximate surface area is 106 Å². The van der Waals surface area contributed by atoms with Crippen molar-refractivity contribution in [1.29, 1.82) is 0 Å². The van der Waals surface area contributed by atoms with Crippen LogP contribution in [0.3, 0.4) is 0 Å². The van der Waals surface area contributed by atoms with Crippen molar-refractivity contribution in [2.45, 2.75) is 31.8 Å². The quantitative estimate of drug-likeness (QED) is 0.785. The molecule has 1 aromatic rings. The summed E-state index contributed by atoms with van der Waals surface area (Å²) in [6, 6.07) is -0.878. The van der Waals surface area contributed by atoms with Crippen LogP contribution >= 0.6 is 0 Å². The molecule has 0 radical (unpaired) electrons. The molecule has 3 N–H and O–H groups in total. The lowest BCUT2D eigenvalue weighted by Gasteiger charge is -2.22. The molecule has 1 fully saturated rings. The van der Waals surface area contributed by atoms with Gasteiger partial charge in [-0.1, -0.05) is 0 Å². The fourth-order valence-electron chi connectivity index (χ4n) is 2.15. The molecule has 1 aliphatic heterocycles. The van der Waals surface area contributed by atoms with E-state index in [-0.39, 0.29) is 6.42 Å². The molecule has 0 saturated carbocycles. The first-order valence-corrected chi connectivity index (χ1v) is 6.22. The standard InChI is InChI=1S/C12H19N3O3/c13-11(12(16)17)5-10-7-15(8-14-10)6-9-1-3-18-4-2-9/h7-9,11H,1-6,13H2,(H,16,17)/t11-/m0/s1. The van der Waals surface area contributed by atoms with Gasteiger partial charge >= 0.3 is 5.97 Å². The van der Waals surface area contributed by atoms with Crippen LogP contribution in [-0.2, 0) is 22.5 Å². The lowest BCUT2D eigenvalue weighted by atomic mass is 10.0. The number of rotatable bonds is 5. The molecule has 0 bridgehead atoms. The number of carbonyl (C=O) groups is 1. The van der Waals surface area contributed by atoms with Gasteiger partial charge in [-0.15, -0.1) is 0 Å². The molecule has 1 atom stereocenters. The van der Waals surface area contributed by atoms with Crippen LogP contribution in [0.1, 0.15) is 18.5 Å². The Kier molecular flexibility index (Phi) is 4.33. The fourth-order valence-corrected chi connectivity index (χ4v) is 2.15. The van der Waals surface area contributed by atoms with Crippen LogP contribution in [0.2, 0.25) is 0 Å². The topological polar surface area (TPSA) is 90.4 Å². The minimum absolute atomic E-state index is 0.274. The van der Waals surface area contributed by atoms with Crippen LogP contribution in [0.4, 0.5) is 0 Å². The van der Waals surface area contributed by atoms with E-state index in [4.69, 9.17) is 15.6 Å². The van der Waals surface area contributed by atoms with Gasteiger partial charge < -0.3 is 20.1 Å². The van der Waals surface area contributed by atoms with Gasteiger partial charge in [-0.05, 0) is 18.8 Å². The molecule has 0 aromatic carbocycles. The molecule has 1 saturated heterocycles. The summed E-state index contributed by atoms with van der Waals surface area (Å²) in [5.41, 5.74) is 6.21. The van der Waals surface area contributed by atoms with Gasteiger partial charge in [0.05, 0.1) is 12.0 Å². The number of ether oxygens (including phenoxy) is 1. The molecule has 18 heavy (non-hydrogen) atoms. The Morgan fingerprint density at radius 1 is 1.61 bits per heavy atom. The van der Waals surface area contributed by atoms with Gasteiger partial charge in [0.2, 0.25) is 0 Å². The number of nitrogens with two attached hydrogens (primary N) is 1. The Bertz CT molecular complexity index is 399. The number of aliphatic carboxylic acids is 1. The van der Waals surface area contributed by atoms with Gasteiger partial charge in [0.1, 0.15) is 6.04 Å². The van der Waals surface area contributed by atoms with Gasteiger partial charge in [-0.3, -0.25) is 4.79 Å². The van der Waals surface area contributed by atoms with E-state index in [2.05, 4.69) is 4.98 Å². The Balaban J connectivity index is 1.87. The van der Waals surface area contributed by atoms with Crippen LogP contribution in [-0.4, -0.2) is 39.9 Å². The average Bonchev–Trinajstić information content (AvgIpc) is 2.77. The smallest absolute Gasteiger partial charge is 0.320 e. The second kappa shape index (κ2) is 5.97. The first kappa shape index (κ1) is 13.0. The number of nitrogens with zero attached hydrogens (tertiary/aromatic N) is 2. The van der Waals surface area contributed by atoms with Gasteiger partial charge in [0.15, 0.2) is 0 Å². The molecule has 0 amide bonds. The van der Waals surface area contributed by atoms with E-state index < -0.39 is 12.0 Å². The van der Waals surface area contributed by atoms with Crippen LogP contribution in [0, 0.1) is 5.92 Å². The highest BCUT2D eigenvalue weighted by molar-refractivity contribution is 5.73. The van der Waals surface area contributed by atoms with E-state index in [1.165, 1.54) is 0 Å². The zero-order valence-electron chi connectivity index (χ0n) is 10.3. The molecular formula is C12H19N3O3. The summed E-state index contributed by atoms with van der Waals surface area (Å²) < 4.78 is 7.33. The number of hydrogen-bond donors (Lipinski definition) is 2. The zero-order chi connectivity index (χ0) is 13.0. The van der Waals surface area contributed by atoms with Crippen molar-refractivity contribution in [3.63, 3.8) is 0 Å². The third kappa shape index (κ3) is 3.54. The molecule has 100 valence electrons. The third-order valence-corrected chi connectivity index (χ3v) is 3.24. The van der Waals surface area contributed by atoms with Crippen LogP contribution < -0.4 is 5.73 Å². The van der Waals surface area contributed by atoms with Crippen LogP contribution in [0.25, 0.3) is 0 Å². The molecule has 2 heterocycles. The monoisotopic (exact) mass is 253 g/mol. The number of aromatic nitrogens is 2. The van der Waals surface area contributed by atoms with Gasteiger partial charge in [0.25, 0.3) is 0 Å². The Morgan fingerprint density at radius 3 is 3.00 bits per heavy atom. The van der Waals surface area contributed by atoms with Crippen molar-refractivity contribution in [3.8, 4) is 0 Å². The molecule has 6 heteroatoms. The number of hydrogen-bond acceptors (Lipinski definition) is 4. The fraction of sp³-hybridized carbons (Fsp3) is 0.667. The summed E-state index contributed by atoms with van der Waals surface area (Å²) in [5, 5.41) is 8.74. The van der Waals surface area contributed by atoms with E-state index in [0.717, 1.165) is 38.3 Å². The summed E-state index contributed by atoms with van der Waals surface area (Å²) in [7, 11) is 0. The lowest BCUT2D eigenvalue weighted by molar-refractivity contribution is -0.138. The summed E-state index contributed by atoms with van der Waals surface area (Å²) in [4.78, 5) is 14.8. The lowest BCUT2D eigenvalue weighted by Crippen LogP contribution is -2.32. The van der Waals surface area contributed by atoms with E-state index in [1.807, 2.05) is 10.8 Å². The summed E-state index contributed by atoms with van der Waals surface area (Å²) in [6.07, 6.45) is 6.05. The highest BCUT2D eigenvalue weighted by Gasteiger charge is 2.16. The molecule has 1 aromatic heterocycles. The minimum Gasteiger partial charge on any atom is -0.480 e. The normalized spacial score (nSPS) is 18.7. The molecule has 2 rings (SSSR count). The minimum atomic E-state index is -0.992. The van der Waals surface area contributed by atoms with Crippen molar-refractivity contribution in [2.75, 3.05) is 13.2 Å². The number of carboxylic acids is 1. The second-order valence-electron chi connectivity index (χ2n) is 4.77. The van der Waals surface area contributed by atoms with Crippen molar-refractivity contribution < 1.29 is 14.6 Å². The maximum atomic E-state index is 10.7. The highest BCUT2D eigenvalue weighted by atomic mass is 16.5. The third-order valence-electron chi connectivity index (χ3n) is 3.24. The number of imidazole rings is 1. The van der Waals surface area contributed by atoms with Gasteiger partial charge in [0, 0.05) is 32.4 Å². The zero-order valence-corrected chi connectivity index (χ0v) is 10.3. The predicted octanol–water partition coefficient (Wildman–Crippen LogP) is 0.264. The van der Waals surface area contributed by atoms with Crippen molar-refractivity contribution in [2.24, 2.45) is 11.7 Å². The Hall–Kier alpha value is -1.40. The average molecular weight is 253 g/mol. The highest BCUT2D eigenvalue weighted by Crippen LogP contribution is 2.17. The molecule has 0 unspecified atom stereocenters. The molecule has 0 spiro atoms. The molecule has 6 nitrogen and oxygen atoms in total. The van der Waals surface area contributed by atoms with Gasteiger partial charge in [-0.25, -0.2) is 4.98 Å². The molecule has 0 aliphatic carbocycles. The summed E-state index contributed by atoms with van der Waals surface area (Å²) >= 11 is 0. The number of carboxylic acid groups (broad SMARTS) is 1. The maximum absolute atomic E-state index is 10.7. The van der Waals surface area contributed by atoms with Crippen LogP contribution in [0.5, 0.6) is 0 Å². The summed E-state index contributed by atoms with van der Waals surface area (Å²) in [5.74, 6) is -0.372. The first-order valence-electron chi connectivity index (χ1n) is 6.22. The van der Waals surface area contributed by atoms with E-state index >= 15 is 0 Å². The van der Waals surface area contributed by atoms with E-state index in [1.54, 1.807) is 6.33 Å². The van der Waals surface area contributed by atoms with Crippen molar-refractivity contribution >= 4 is 5.97 Å². The molecular weight excluding hydrogens is 234 g/mol.